The molecule has 4 rings (SSSR count). The summed E-state index contributed by atoms with van der Waals surface area (Å²) in [6, 6.07) is 5.70. The van der Waals surface area contributed by atoms with Gasteiger partial charge in [-0.25, -0.2) is 0 Å². The number of guanidine groups is 2. The van der Waals surface area contributed by atoms with Crippen LogP contribution in [-0.4, -0.2) is 139 Å². The molecule has 1 aliphatic heterocycles. The normalized spacial score (nSPS) is 20.9. The number of nitrogens with two attached hydrogens (primary N) is 4. The largest absolute Gasteiger partial charge is 0.370 e. The summed E-state index contributed by atoms with van der Waals surface area (Å²) in [5.41, 5.74) is 24.6. The van der Waals surface area contributed by atoms with Crippen molar-refractivity contribution < 1.29 is 43.2 Å². The summed E-state index contributed by atoms with van der Waals surface area (Å²) < 4.78 is 0. The fourth-order valence-electron chi connectivity index (χ4n) is 8.31. The second kappa shape index (κ2) is 30.4. The van der Waals surface area contributed by atoms with Crippen molar-refractivity contribution in [2.45, 2.75) is 120 Å². The van der Waals surface area contributed by atoms with E-state index in [9.17, 15) is 48.4 Å². The number of fused-ring (bicyclic) bond motifs is 1. The molecular formula is C49H70N18O9. The molecule has 1 fully saturated rings. The Kier molecular flexibility index (Phi) is 23.9. The number of rotatable bonds is 18. The Bertz CT molecular complexity index is 2620. The molecule has 27 nitrogen and oxygen atoms in total. The summed E-state index contributed by atoms with van der Waals surface area (Å²) in [6.07, 6.45) is 0.791. The third-order valence-electron chi connectivity index (χ3n) is 12.2. The van der Waals surface area contributed by atoms with Gasteiger partial charge in [0.25, 0.3) is 0 Å². The maximum absolute atomic E-state index is 14.6. The molecule has 1 aliphatic rings. The minimum Gasteiger partial charge on any atom is -0.370 e. The molecule has 0 aliphatic carbocycles. The van der Waals surface area contributed by atoms with Gasteiger partial charge in [-0.15, -0.1) is 0 Å². The highest BCUT2D eigenvalue weighted by atomic mass is 16.2. The minimum atomic E-state index is -1.51. The number of carbonyl (C=O) groups excluding carboxylic acids is 9. The molecule has 1 aromatic heterocycles. The lowest BCUT2D eigenvalue weighted by molar-refractivity contribution is -0.136. The first-order valence-corrected chi connectivity index (χ1v) is 24.8. The van der Waals surface area contributed by atoms with Crippen molar-refractivity contribution in [2.24, 2.45) is 22.9 Å². The summed E-state index contributed by atoms with van der Waals surface area (Å²) in [5.74, 6) is -7.96. The van der Waals surface area contributed by atoms with Gasteiger partial charge >= 0.3 is 0 Å². The minimum absolute atomic E-state index is 0.0311. The first kappa shape index (κ1) is 59.8. The number of nitriles is 1. The van der Waals surface area contributed by atoms with Gasteiger partial charge in [-0.1, -0.05) is 30.3 Å². The first-order chi connectivity index (χ1) is 36.3. The molecule has 21 N–H and O–H groups in total. The second-order valence-electron chi connectivity index (χ2n) is 18.2. The van der Waals surface area contributed by atoms with Crippen LogP contribution in [0.15, 0.2) is 54.7 Å². The van der Waals surface area contributed by atoms with Crippen LogP contribution in [0.2, 0.25) is 0 Å². The van der Waals surface area contributed by atoms with Gasteiger partial charge in [0.1, 0.15) is 42.3 Å². The Hall–Kier alpha value is -8.80. The molecule has 0 radical (unpaired) electrons. The molecule has 9 amide bonds. The number of carbonyl (C=O) groups is 9. The number of H-pyrrole nitrogens is 1. The van der Waals surface area contributed by atoms with Crippen LogP contribution in [0.3, 0.4) is 0 Å². The number of para-hydroxylation sites is 1. The van der Waals surface area contributed by atoms with E-state index in [1.165, 1.54) is 19.1 Å². The van der Waals surface area contributed by atoms with Gasteiger partial charge in [-0.05, 0) is 87.2 Å². The van der Waals surface area contributed by atoms with Crippen LogP contribution < -0.4 is 76.1 Å². The molecule has 76 heavy (non-hydrogen) atoms. The average Bonchev–Trinajstić information content (AvgIpc) is 3.78. The predicted octanol–water partition coefficient (Wildman–Crippen LogP) is -3.71. The smallest absolute Gasteiger partial charge is 0.243 e. The number of primary amides is 1. The fourth-order valence-corrected chi connectivity index (χ4v) is 8.31. The van der Waals surface area contributed by atoms with Crippen molar-refractivity contribution in [3.63, 3.8) is 0 Å². The number of hydrogen-bond donors (Lipinski definition) is 17. The van der Waals surface area contributed by atoms with E-state index in [1.807, 2.05) is 24.3 Å². The summed E-state index contributed by atoms with van der Waals surface area (Å²) in [6.45, 7) is 1.25. The Labute approximate surface area is 438 Å². The molecule has 0 saturated carbocycles. The molecule has 410 valence electrons. The summed E-state index contributed by atoms with van der Waals surface area (Å²) in [7, 11) is 0. The summed E-state index contributed by atoms with van der Waals surface area (Å²) in [5, 5.41) is 51.8. The highest BCUT2D eigenvalue weighted by molar-refractivity contribution is 5.98. The predicted molar refractivity (Wildman–Crippen MR) is 279 cm³/mol. The maximum atomic E-state index is 14.6. The van der Waals surface area contributed by atoms with Crippen molar-refractivity contribution in [3.05, 3.63) is 71.4 Å². The number of benzene rings is 2. The second-order valence-corrected chi connectivity index (χ2v) is 18.2. The van der Waals surface area contributed by atoms with Crippen LogP contribution in [0.5, 0.6) is 0 Å². The molecule has 0 unspecified atom stereocenters. The quantitative estimate of drug-likeness (QED) is 0.0331. The Balaban J connectivity index is 1.78. The molecular weight excluding hydrogens is 985 g/mol. The molecule has 2 aromatic carbocycles. The van der Waals surface area contributed by atoms with Crippen molar-refractivity contribution in [3.8, 4) is 6.07 Å². The van der Waals surface area contributed by atoms with Crippen molar-refractivity contribution in [2.75, 3.05) is 26.2 Å². The van der Waals surface area contributed by atoms with Crippen LogP contribution in [0, 0.1) is 22.1 Å². The van der Waals surface area contributed by atoms with E-state index in [2.05, 4.69) is 58.2 Å². The number of aromatic amines is 1. The van der Waals surface area contributed by atoms with Gasteiger partial charge < -0.3 is 81.1 Å². The van der Waals surface area contributed by atoms with Crippen LogP contribution in [0.25, 0.3) is 10.9 Å². The fraction of sp³-hybridized carbons (Fsp3) is 0.469. The zero-order valence-corrected chi connectivity index (χ0v) is 42.3. The standard InChI is InChI=1S/C49H70N18O9/c1-27(68)61-34(13-6-20-58-48(53)54)42(71)64-36-15-16-40(69)57-19-5-12-33(41(52)70)62-47(76)39(24-30-26-60-32-11-3-2-10-31(30)32)67-43(72)35(14-7-21-59-49(55)56)63-46(75)38(23-28-8-4-9-29(22-28)25-51)66-45(74)37(17-18-50)65-44(36)73/h2-4,8-11,22,26,33-39,60H,5-7,12-21,23-24,50H2,1H3,(H2,52,70)(H,57,69)(H,61,68)(H,62,76)(H,63,75)(H,64,71)(H,65,73)(H,66,74)(H,67,72)(H4,53,54,58)(H4,55,56,59)/t33-,34-,35-,36-,37-,38+,39-/m0/s1. The van der Waals surface area contributed by atoms with E-state index in [0.29, 0.717) is 11.1 Å². The number of hydrogen-bond acceptors (Lipinski definition) is 13. The Morgan fingerprint density at radius 2 is 1.38 bits per heavy atom. The summed E-state index contributed by atoms with van der Waals surface area (Å²) in [4.78, 5) is 127. The van der Waals surface area contributed by atoms with E-state index in [-0.39, 0.29) is 114 Å². The lowest BCUT2D eigenvalue weighted by Crippen LogP contribution is -2.60. The molecule has 27 heteroatoms. The van der Waals surface area contributed by atoms with E-state index in [4.69, 9.17) is 33.8 Å². The molecule has 0 bridgehead atoms. The van der Waals surface area contributed by atoms with Gasteiger partial charge in [0.2, 0.25) is 53.2 Å². The van der Waals surface area contributed by atoms with Gasteiger partial charge in [0.15, 0.2) is 11.9 Å². The third kappa shape index (κ3) is 19.9. The van der Waals surface area contributed by atoms with E-state index >= 15 is 0 Å². The number of amides is 9. The highest BCUT2D eigenvalue weighted by Crippen LogP contribution is 2.20. The van der Waals surface area contributed by atoms with Crippen molar-refractivity contribution >= 4 is 76.0 Å². The van der Waals surface area contributed by atoms with Crippen LogP contribution in [0.1, 0.15) is 81.4 Å². The maximum Gasteiger partial charge on any atom is 0.243 e. The van der Waals surface area contributed by atoms with Gasteiger partial charge in [-0.3, -0.25) is 54.0 Å². The molecule has 0 spiro atoms. The topological polar surface area (TPSA) is 465 Å². The highest BCUT2D eigenvalue weighted by Gasteiger charge is 2.35. The SMILES string of the molecule is CC(=O)N[C@@H](CCCNC(=N)N)C(=O)N[C@H]1CCC(=O)NCCC[C@@H](C(N)=O)NC(=O)[C@H](Cc2c[nH]c3ccccc23)NC(=O)[C@H](CCCNC(=N)N)NC(=O)[C@@H](Cc2cccc(C#N)c2)NC(=O)[C@H](CCN)NC1=O. The lowest BCUT2D eigenvalue weighted by atomic mass is 10.0. The van der Waals surface area contributed by atoms with E-state index in [0.717, 1.165) is 10.9 Å². The van der Waals surface area contributed by atoms with Gasteiger partial charge in [-0.2, -0.15) is 5.26 Å². The van der Waals surface area contributed by atoms with Crippen LogP contribution in [-0.2, 0) is 56.0 Å². The molecule has 3 aromatic rings. The van der Waals surface area contributed by atoms with Crippen molar-refractivity contribution in [1.82, 2.24) is 58.2 Å². The Morgan fingerprint density at radius 1 is 0.763 bits per heavy atom. The Morgan fingerprint density at radius 3 is 2.04 bits per heavy atom. The zero-order valence-electron chi connectivity index (χ0n) is 42.3. The molecule has 1 saturated heterocycles. The first-order valence-electron chi connectivity index (χ1n) is 24.8. The van der Waals surface area contributed by atoms with Crippen LogP contribution >= 0.6 is 0 Å². The number of nitrogens with zero attached hydrogens (tertiary/aromatic N) is 1. The van der Waals surface area contributed by atoms with E-state index in [1.54, 1.807) is 24.4 Å². The molecule has 7 atom stereocenters. The third-order valence-corrected chi connectivity index (χ3v) is 12.2. The monoisotopic (exact) mass is 1050 g/mol. The van der Waals surface area contributed by atoms with E-state index < -0.39 is 95.5 Å². The van der Waals surface area contributed by atoms with Gasteiger partial charge in [0.05, 0.1) is 11.6 Å². The van der Waals surface area contributed by atoms with Crippen molar-refractivity contribution in [1.29, 1.82) is 16.1 Å². The van der Waals surface area contributed by atoms with Gasteiger partial charge in [0, 0.05) is 62.9 Å². The number of aromatic nitrogens is 1. The molecule has 2 heterocycles. The lowest BCUT2D eigenvalue weighted by Gasteiger charge is -2.28. The zero-order chi connectivity index (χ0) is 55.7. The summed E-state index contributed by atoms with van der Waals surface area (Å²) >= 11 is 0. The average molecular weight is 1060 g/mol. The number of nitrogens with one attached hydrogen (secondary N) is 13. The van der Waals surface area contributed by atoms with Crippen LogP contribution in [0.4, 0.5) is 0 Å².